The third-order valence-corrected chi connectivity index (χ3v) is 13.0. The van der Waals surface area contributed by atoms with Crippen LogP contribution in [0.25, 0.3) is 11.1 Å². The molecule has 6 aliphatic rings. The van der Waals surface area contributed by atoms with Crippen molar-refractivity contribution in [1.82, 2.24) is 0 Å². The molecule has 9 rings (SSSR count). The summed E-state index contributed by atoms with van der Waals surface area (Å²) in [6, 6.07) is 8.68. The van der Waals surface area contributed by atoms with Gasteiger partial charge in [-0.2, -0.15) is 0 Å². The average Bonchev–Trinajstić information content (AvgIpc) is 3.28. The minimum Gasteiger partial charge on any atom is -0.441 e. The maximum absolute atomic E-state index is 14.2. The summed E-state index contributed by atoms with van der Waals surface area (Å²) in [7, 11) is 0. The largest absolute Gasteiger partial charge is 0.441 e. The van der Waals surface area contributed by atoms with Crippen molar-refractivity contribution in [3.63, 3.8) is 0 Å². The summed E-state index contributed by atoms with van der Waals surface area (Å²) >= 11 is 10.7. The maximum atomic E-state index is 14.2. The van der Waals surface area contributed by atoms with E-state index in [9.17, 15) is 4.79 Å². The van der Waals surface area contributed by atoms with Crippen LogP contribution in [0.2, 0.25) is 5.02 Å². The number of ether oxygens (including phenoxy) is 1. The van der Waals surface area contributed by atoms with Gasteiger partial charge in [-0.1, -0.05) is 53.5 Å². The molecule has 5 heterocycles. The molecular formula is C41H42BrClN2O2. The summed E-state index contributed by atoms with van der Waals surface area (Å²) in [4.78, 5) is 19.5. The molecule has 47 heavy (non-hydrogen) atoms. The number of anilines is 2. The van der Waals surface area contributed by atoms with Gasteiger partial charge >= 0.3 is 5.97 Å². The Balaban J connectivity index is 1.49. The van der Waals surface area contributed by atoms with E-state index < -0.39 is 5.60 Å². The highest BCUT2D eigenvalue weighted by Gasteiger charge is 2.59. The highest BCUT2D eigenvalue weighted by atomic mass is 79.9. The van der Waals surface area contributed by atoms with E-state index in [0.717, 1.165) is 59.9 Å². The summed E-state index contributed by atoms with van der Waals surface area (Å²) in [5.41, 5.74) is 15.2. The molecule has 0 saturated heterocycles. The van der Waals surface area contributed by atoms with Gasteiger partial charge in [-0.25, -0.2) is 4.79 Å². The van der Waals surface area contributed by atoms with E-state index in [1.807, 2.05) is 6.07 Å². The van der Waals surface area contributed by atoms with Crippen LogP contribution >= 0.6 is 27.5 Å². The zero-order valence-electron chi connectivity index (χ0n) is 28.7. The molecule has 5 aliphatic heterocycles. The van der Waals surface area contributed by atoms with Gasteiger partial charge in [0.05, 0.1) is 21.7 Å². The van der Waals surface area contributed by atoms with Crippen molar-refractivity contribution in [3.05, 3.63) is 102 Å². The molecule has 1 aliphatic carbocycles. The molecule has 3 aromatic carbocycles. The number of allylic oxidation sites excluding steroid dienone is 2. The van der Waals surface area contributed by atoms with Crippen LogP contribution in [0.15, 0.2) is 40.9 Å². The van der Waals surface area contributed by atoms with Crippen LogP contribution < -0.4 is 9.80 Å². The minimum absolute atomic E-state index is 0.0826. The highest BCUT2D eigenvalue weighted by Crippen LogP contribution is 2.64. The topological polar surface area (TPSA) is 32.8 Å². The molecule has 0 unspecified atom stereocenters. The third kappa shape index (κ3) is 3.58. The van der Waals surface area contributed by atoms with Crippen molar-refractivity contribution in [1.29, 1.82) is 0 Å². The molecular weight excluding hydrogens is 668 g/mol. The standard InChI is InChI=1S/C41H42BrClN2O2/c1-21-19-38(3,4)44-13-9-11-24-33-29(17-26(21)35(24)44)41(28-15-23(42)16-31(43)32(28)37(46)47-41)30-18-27-22(2)20-39(5,6)45-14-10-12-25(36(27)45)34(30)40(33,7)8/h15-20H,9-14H2,1-8H3. The van der Waals surface area contributed by atoms with Crippen LogP contribution in [0.1, 0.15) is 129 Å². The number of carbonyl (C=O) groups is 1. The summed E-state index contributed by atoms with van der Waals surface area (Å²) in [6.07, 6.45) is 9.01. The molecule has 0 aromatic heterocycles. The highest BCUT2D eigenvalue weighted by molar-refractivity contribution is 9.10. The number of halogens is 2. The monoisotopic (exact) mass is 708 g/mol. The zero-order chi connectivity index (χ0) is 33.2. The third-order valence-electron chi connectivity index (χ3n) is 12.2. The Morgan fingerprint density at radius 3 is 1.72 bits per heavy atom. The van der Waals surface area contributed by atoms with Crippen LogP contribution in [0.3, 0.4) is 0 Å². The van der Waals surface area contributed by atoms with Crippen molar-refractivity contribution >= 4 is 56.0 Å². The molecule has 0 saturated carbocycles. The second kappa shape index (κ2) is 9.15. The fraction of sp³-hybridized carbons (Fsp3) is 0.439. The lowest BCUT2D eigenvalue weighted by Crippen LogP contribution is -2.51. The SMILES string of the molecule is CC1=CC(C)(C)N2CCCc3c2c1cc1c3C(C)(C)c2c(cc3c4c2CCCN4C(C)(C)C=C3C)C12OC(=O)c1c(Cl)cc(Br)cc12. The summed E-state index contributed by atoms with van der Waals surface area (Å²) in [5, 5.41) is 0.427. The Kier molecular flexibility index (Phi) is 5.85. The normalized spacial score (nSPS) is 22.8. The first-order chi connectivity index (χ1) is 22.1. The number of nitrogens with zero attached hydrogens (tertiary/aromatic N) is 2. The molecule has 0 atom stereocenters. The van der Waals surface area contributed by atoms with Gasteiger partial charge in [0.2, 0.25) is 0 Å². The Bertz CT molecular complexity index is 1980. The first-order valence-electron chi connectivity index (χ1n) is 17.2. The number of esters is 1. The molecule has 242 valence electrons. The lowest BCUT2D eigenvalue weighted by Gasteiger charge is -2.54. The van der Waals surface area contributed by atoms with Crippen LogP contribution in [0.5, 0.6) is 0 Å². The number of hydrogen-bond donors (Lipinski definition) is 0. The summed E-state index contributed by atoms with van der Waals surface area (Å²) < 4.78 is 7.80. The predicted octanol–water partition coefficient (Wildman–Crippen LogP) is 10.1. The molecule has 6 heteroatoms. The van der Waals surface area contributed by atoms with Crippen molar-refractivity contribution in [3.8, 4) is 0 Å². The average molecular weight is 710 g/mol. The Labute approximate surface area is 291 Å². The van der Waals surface area contributed by atoms with Crippen LogP contribution in [0.4, 0.5) is 11.4 Å². The summed E-state index contributed by atoms with van der Waals surface area (Å²) in [6.45, 7) is 20.8. The number of benzene rings is 3. The number of carbonyl (C=O) groups excluding carboxylic acids is 1. The predicted molar refractivity (Wildman–Crippen MR) is 196 cm³/mol. The van der Waals surface area contributed by atoms with E-state index in [1.54, 1.807) is 0 Å². The van der Waals surface area contributed by atoms with Gasteiger partial charge in [0.15, 0.2) is 5.60 Å². The lowest BCUT2D eigenvalue weighted by molar-refractivity contribution is 0.0230. The molecule has 4 nitrogen and oxygen atoms in total. The van der Waals surface area contributed by atoms with E-state index in [2.05, 4.69) is 111 Å². The molecule has 0 N–H and O–H groups in total. The fourth-order valence-electron chi connectivity index (χ4n) is 10.7. The second-order valence-electron chi connectivity index (χ2n) is 16.3. The van der Waals surface area contributed by atoms with Crippen LogP contribution in [0, 0.1) is 0 Å². The summed E-state index contributed by atoms with van der Waals surface area (Å²) in [5.74, 6) is -0.350. The Morgan fingerprint density at radius 2 is 1.23 bits per heavy atom. The van der Waals surface area contributed by atoms with Crippen molar-refractivity contribution in [2.24, 2.45) is 0 Å². The van der Waals surface area contributed by atoms with Gasteiger partial charge in [-0.3, -0.25) is 0 Å². The first-order valence-corrected chi connectivity index (χ1v) is 18.4. The number of hydrogen-bond acceptors (Lipinski definition) is 4. The van der Waals surface area contributed by atoms with E-state index in [0.29, 0.717) is 10.6 Å². The minimum atomic E-state index is -1.12. The lowest BCUT2D eigenvalue weighted by atomic mass is 9.57. The van der Waals surface area contributed by atoms with E-state index in [1.165, 1.54) is 55.9 Å². The fourth-order valence-corrected chi connectivity index (χ4v) is 11.6. The van der Waals surface area contributed by atoms with E-state index in [4.69, 9.17) is 16.3 Å². The zero-order valence-corrected chi connectivity index (χ0v) is 31.0. The van der Waals surface area contributed by atoms with Crippen molar-refractivity contribution < 1.29 is 9.53 Å². The Hall–Kier alpha value is -3.02. The second-order valence-corrected chi connectivity index (χ2v) is 17.6. The molecule has 0 amide bonds. The maximum Gasteiger partial charge on any atom is 0.341 e. The quantitative estimate of drug-likeness (QED) is 0.218. The van der Waals surface area contributed by atoms with E-state index >= 15 is 0 Å². The molecule has 0 bridgehead atoms. The molecule has 3 aromatic rings. The van der Waals surface area contributed by atoms with Gasteiger partial charge in [-0.15, -0.1) is 0 Å². The van der Waals surface area contributed by atoms with Crippen molar-refractivity contribution in [2.45, 2.75) is 103 Å². The smallest absolute Gasteiger partial charge is 0.341 e. The van der Waals surface area contributed by atoms with Gasteiger partial charge in [0, 0.05) is 62.2 Å². The number of fused-ring (bicyclic) bond motifs is 8. The number of rotatable bonds is 0. The molecule has 1 spiro atoms. The van der Waals surface area contributed by atoms with E-state index in [-0.39, 0.29) is 22.5 Å². The first kappa shape index (κ1) is 30.1. The van der Waals surface area contributed by atoms with Gasteiger partial charge in [-0.05, 0) is 125 Å². The molecule has 0 radical (unpaired) electrons. The Morgan fingerprint density at radius 1 is 0.745 bits per heavy atom. The van der Waals surface area contributed by atoms with Crippen molar-refractivity contribution in [2.75, 3.05) is 22.9 Å². The van der Waals surface area contributed by atoms with Crippen LogP contribution in [-0.2, 0) is 28.6 Å². The van der Waals surface area contributed by atoms with Gasteiger partial charge < -0.3 is 14.5 Å². The van der Waals surface area contributed by atoms with Crippen LogP contribution in [-0.4, -0.2) is 30.1 Å². The van der Waals surface area contributed by atoms with Gasteiger partial charge in [0.1, 0.15) is 0 Å². The molecule has 0 fully saturated rings. The van der Waals surface area contributed by atoms with Gasteiger partial charge in [0.25, 0.3) is 0 Å².